The zero-order chi connectivity index (χ0) is 32.4. The van der Waals surface area contributed by atoms with Crippen LogP contribution in [0.4, 0.5) is 13.2 Å². The van der Waals surface area contributed by atoms with E-state index < -0.39 is 11.7 Å². The van der Waals surface area contributed by atoms with Gasteiger partial charge in [-0.15, -0.1) is 0 Å². The molecule has 1 saturated heterocycles. The van der Waals surface area contributed by atoms with Gasteiger partial charge < -0.3 is 9.64 Å². The second-order valence-electron chi connectivity index (χ2n) is 11.4. The summed E-state index contributed by atoms with van der Waals surface area (Å²) in [6.45, 7) is 3.40. The first-order chi connectivity index (χ1) is 22.3. The van der Waals surface area contributed by atoms with E-state index in [1.54, 1.807) is 6.07 Å². The number of nitrogens with zero attached hydrogens (tertiary/aromatic N) is 2. The van der Waals surface area contributed by atoms with Crippen LogP contribution in [0.5, 0.6) is 5.75 Å². The average Bonchev–Trinajstić information content (AvgIpc) is 3.07. The van der Waals surface area contributed by atoms with Crippen LogP contribution in [0, 0.1) is 0 Å². The second-order valence-corrected chi connectivity index (χ2v) is 13.0. The van der Waals surface area contributed by atoms with E-state index in [9.17, 15) is 18.0 Å². The molecule has 0 atom stereocenters. The molecule has 0 saturated carbocycles. The van der Waals surface area contributed by atoms with E-state index in [4.69, 9.17) is 16.3 Å². The van der Waals surface area contributed by atoms with Crippen LogP contribution in [0.3, 0.4) is 0 Å². The first-order valence-corrected chi connectivity index (χ1v) is 17.1. The van der Waals surface area contributed by atoms with Crippen molar-refractivity contribution in [3.63, 3.8) is 0 Å². The summed E-state index contributed by atoms with van der Waals surface area (Å²) in [5, 5.41) is -0.262. The Bertz CT molecular complexity index is 1510. The summed E-state index contributed by atoms with van der Waals surface area (Å²) in [6.07, 6.45) is -3.55. The zero-order valence-corrected chi connectivity index (χ0v) is 27.2. The lowest BCUT2D eigenvalue weighted by Gasteiger charge is -2.29. The maximum Gasteiger partial charge on any atom is 0.417 e. The largest absolute Gasteiger partial charge is 0.494 e. The summed E-state index contributed by atoms with van der Waals surface area (Å²) in [7, 11) is 0. The monoisotopic (exact) mass is 666 g/mol. The lowest BCUT2D eigenvalue weighted by molar-refractivity contribution is -0.137. The van der Waals surface area contributed by atoms with Crippen LogP contribution >= 0.6 is 23.4 Å². The van der Waals surface area contributed by atoms with Gasteiger partial charge in [-0.05, 0) is 46.9 Å². The summed E-state index contributed by atoms with van der Waals surface area (Å²) in [5.41, 5.74) is 2.77. The SMILES string of the molecule is O=C(Cc1cccc(OCCCN(Cc2cccc(C(F)(F)F)c2Cl)CC(c2ccccc2)c2ccccc2)c1)N1CCSCC1. The van der Waals surface area contributed by atoms with Gasteiger partial charge in [-0.1, -0.05) is 96.5 Å². The van der Waals surface area contributed by atoms with Gasteiger partial charge in [-0.2, -0.15) is 24.9 Å². The quantitative estimate of drug-likeness (QED) is 0.134. The molecule has 9 heteroatoms. The van der Waals surface area contributed by atoms with Gasteiger partial charge in [0.2, 0.25) is 5.91 Å². The third-order valence-corrected chi connectivity index (χ3v) is 9.52. The third kappa shape index (κ3) is 9.53. The number of hydrogen-bond acceptors (Lipinski definition) is 4. The number of carbonyl (C=O) groups excluding carboxylic acids is 1. The van der Waals surface area contributed by atoms with E-state index in [2.05, 4.69) is 29.2 Å². The van der Waals surface area contributed by atoms with Crippen molar-refractivity contribution in [2.24, 2.45) is 0 Å². The molecule has 0 radical (unpaired) electrons. The normalized spacial score (nSPS) is 13.7. The predicted molar refractivity (Wildman–Crippen MR) is 181 cm³/mol. The number of amides is 1. The van der Waals surface area contributed by atoms with Gasteiger partial charge in [0, 0.05) is 50.1 Å². The van der Waals surface area contributed by atoms with Crippen molar-refractivity contribution in [1.82, 2.24) is 9.80 Å². The Kier molecular flexibility index (Phi) is 12.1. The van der Waals surface area contributed by atoms with Gasteiger partial charge in [0.25, 0.3) is 0 Å². The number of hydrogen-bond donors (Lipinski definition) is 0. The Morgan fingerprint density at radius 2 is 1.54 bits per heavy atom. The highest BCUT2D eigenvalue weighted by Gasteiger charge is 2.34. The third-order valence-electron chi connectivity index (χ3n) is 8.13. The van der Waals surface area contributed by atoms with Crippen LogP contribution in [0.2, 0.25) is 5.02 Å². The molecule has 0 aliphatic carbocycles. The molecule has 46 heavy (non-hydrogen) atoms. The standard InChI is InChI=1S/C37H38ClF3N2O2S/c38-36-31(15-8-17-34(36)37(39,40)41)26-42(27-33(29-11-3-1-4-12-29)30-13-5-2-6-14-30)18-9-21-45-32-16-7-10-28(24-32)25-35(44)43-19-22-46-23-20-43/h1-8,10-17,24,33H,9,18-23,25-27H2. The van der Waals surface area contributed by atoms with Gasteiger partial charge in [0.1, 0.15) is 5.75 Å². The van der Waals surface area contributed by atoms with Crippen LogP contribution in [0.15, 0.2) is 103 Å². The van der Waals surface area contributed by atoms with Crippen molar-refractivity contribution in [2.45, 2.75) is 31.5 Å². The summed E-state index contributed by atoms with van der Waals surface area (Å²) >= 11 is 8.22. The molecule has 1 aliphatic heterocycles. The maximum absolute atomic E-state index is 13.7. The van der Waals surface area contributed by atoms with Gasteiger partial charge in [0.05, 0.1) is 23.6 Å². The highest BCUT2D eigenvalue weighted by Crippen LogP contribution is 2.37. The molecule has 0 unspecified atom stereocenters. The molecule has 1 aliphatic rings. The summed E-state index contributed by atoms with van der Waals surface area (Å²) in [4.78, 5) is 16.8. The van der Waals surface area contributed by atoms with Gasteiger partial charge >= 0.3 is 6.18 Å². The Labute approximate surface area is 278 Å². The Hall–Kier alpha value is -3.46. The lowest BCUT2D eigenvalue weighted by Crippen LogP contribution is -2.38. The minimum atomic E-state index is -4.53. The van der Waals surface area contributed by atoms with Crippen LogP contribution in [-0.4, -0.2) is 60.0 Å². The fourth-order valence-corrected chi connectivity index (χ4v) is 6.95. The highest BCUT2D eigenvalue weighted by atomic mass is 35.5. The van der Waals surface area contributed by atoms with Crippen molar-refractivity contribution in [3.05, 3.63) is 136 Å². The number of rotatable bonds is 13. The summed E-state index contributed by atoms with van der Waals surface area (Å²) in [5.74, 6) is 2.78. The van der Waals surface area contributed by atoms with E-state index >= 15 is 0 Å². The van der Waals surface area contributed by atoms with E-state index in [1.165, 1.54) is 6.07 Å². The number of benzene rings is 4. The molecular weight excluding hydrogens is 629 g/mol. The Morgan fingerprint density at radius 3 is 2.20 bits per heavy atom. The number of thioether (sulfide) groups is 1. The minimum absolute atomic E-state index is 0.000564. The fraction of sp³-hybridized carbons (Fsp3) is 0.324. The molecule has 242 valence electrons. The smallest absolute Gasteiger partial charge is 0.417 e. The number of carbonyl (C=O) groups is 1. The molecule has 5 rings (SSSR count). The molecule has 1 heterocycles. The fourth-order valence-electron chi connectivity index (χ4n) is 5.75. The molecule has 4 nitrogen and oxygen atoms in total. The second kappa shape index (κ2) is 16.4. The predicted octanol–water partition coefficient (Wildman–Crippen LogP) is 8.58. The van der Waals surface area contributed by atoms with Crippen molar-refractivity contribution in [3.8, 4) is 5.75 Å². The molecule has 0 N–H and O–H groups in total. The first-order valence-electron chi connectivity index (χ1n) is 15.5. The van der Waals surface area contributed by atoms with Crippen LogP contribution in [0.25, 0.3) is 0 Å². The van der Waals surface area contributed by atoms with E-state index in [-0.39, 0.29) is 23.4 Å². The van der Waals surface area contributed by atoms with Crippen molar-refractivity contribution >= 4 is 29.3 Å². The summed E-state index contributed by atoms with van der Waals surface area (Å²) < 4.78 is 47.2. The molecular formula is C37H38ClF3N2O2S. The molecule has 0 spiro atoms. The minimum Gasteiger partial charge on any atom is -0.494 e. The van der Waals surface area contributed by atoms with Crippen LogP contribution < -0.4 is 4.74 Å². The average molecular weight is 667 g/mol. The maximum atomic E-state index is 13.7. The van der Waals surface area contributed by atoms with E-state index in [0.29, 0.717) is 43.9 Å². The van der Waals surface area contributed by atoms with Crippen LogP contribution in [0.1, 0.15) is 40.2 Å². The van der Waals surface area contributed by atoms with Crippen molar-refractivity contribution < 1.29 is 22.7 Å². The van der Waals surface area contributed by atoms with Gasteiger partial charge in [0.15, 0.2) is 0 Å². The Morgan fingerprint density at radius 1 is 0.891 bits per heavy atom. The van der Waals surface area contributed by atoms with Crippen molar-refractivity contribution in [2.75, 3.05) is 44.3 Å². The highest BCUT2D eigenvalue weighted by molar-refractivity contribution is 7.99. The van der Waals surface area contributed by atoms with Gasteiger partial charge in [-0.3, -0.25) is 9.69 Å². The molecule has 4 aromatic carbocycles. The zero-order valence-electron chi connectivity index (χ0n) is 25.6. The van der Waals surface area contributed by atoms with E-state index in [0.717, 1.165) is 47.4 Å². The number of ether oxygens (including phenoxy) is 1. The van der Waals surface area contributed by atoms with Gasteiger partial charge in [-0.25, -0.2) is 0 Å². The molecule has 4 aromatic rings. The summed E-state index contributed by atoms with van der Waals surface area (Å²) in [6, 6.07) is 32.0. The topological polar surface area (TPSA) is 32.8 Å². The van der Waals surface area contributed by atoms with E-state index in [1.807, 2.05) is 77.3 Å². The Balaban J connectivity index is 1.29. The number of alkyl halides is 3. The molecule has 1 fully saturated rings. The lowest BCUT2D eigenvalue weighted by atomic mass is 9.90. The molecule has 0 aromatic heterocycles. The van der Waals surface area contributed by atoms with Crippen molar-refractivity contribution in [1.29, 1.82) is 0 Å². The van der Waals surface area contributed by atoms with Crippen LogP contribution in [-0.2, 0) is 23.9 Å². The number of halogens is 4. The molecule has 0 bridgehead atoms. The molecule has 1 amide bonds. The first kappa shape index (κ1) is 33.9.